The Morgan fingerprint density at radius 1 is 1.19 bits per heavy atom. The number of allylic oxidation sites excluding steroid dienone is 1. The molecule has 3 nitrogen and oxygen atoms in total. The molecule has 0 radical (unpaired) electrons. The SMILES string of the molecule is N.O=C1CC=Cc2nc3ccccc3cc21. The highest BCUT2D eigenvalue weighted by Crippen LogP contribution is 2.22. The molecule has 80 valence electrons. The van der Waals surface area contributed by atoms with Crippen molar-refractivity contribution in [2.24, 2.45) is 0 Å². The number of pyridine rings is 1. The van der Waals surface area contributed by atoms with Crippen LogP contribution in [0.15, 0.2) is 36.4 Å². The van der Waals surface area contributed by atoms with Crippen LogP contribution in [0.2, 0.25) is 0 Å². The number of carbonyl (C=O) groups excluding carboxylic acids is 1. The summed E-state index contributed by atoms with van der Waals surface area (Å²) >= 11 is 0. The Labute approximate surface area is 93.4 Å². The number of hydrogen-bond donors (Lipinski definition) is 1. The van der Waals surface area contributed by atoms with Crippen molar-refractivity contribution >= 4 is 22.8 Å². The Bertz CT molecular complexity index is 588. The van der Waals surface area contributed by atoms with Crippen LogP contribution in [0.25, 0.3) is 17.0 Å². The van der Waals surface area contributed by atoms with E-state index in [2.05, 4.69) is 4.98 Å². The van der Waals surface area contributed by atoms with Gasteiger partial charge in [0.1, 0.15) is 0 Å². The molecular weight excluding hydrogens is 200 g/mol. The summed E-state index contributed by atoms with van der Waals surface area (Å²) in [5.41, 5.74) is 2.48. The van der Waals surface area contributed by atoms with Crippen molar-refractivity contribution in [3.63, 3.8) is 0 Å². The van der Waals surface area contributed by atoms with Crippen molar-refractivity contribution in [1.82, 2.24) is 11.1 Å². The molecule has 3 N–H and O–H groups in total. The average molecular weight is 212 g/mol. The maximum Gasteiger partial charge on any atom is 0.168 e. The Kier molecular flexibility index (Phi) is 2.54. The van der Waals surface area contributed by atoms with Gasteiger partial charge in [0.25, 0.3) is 0 Å². The van der Waals surface area contributed by atoms with E-state index in [1.165, 1.54) is 0 Å². The van der Waals surface area contributed by atoms with E-state index in [9.17, 15) is 4.79 Å². The second-order valence-corrected chi connectivity index (χ2v) is 3.64. The zero-order valence-corrected chi connectivity index (χ0v) is 8.81. The molecule has 0 unspecified atom stereocenters. The van der Waals surface area contributed by atoms with Gasteiger partial charge in [0, 0.05) is 17.4 Å². The maximum atomic E-state index is 11.6. The number of hydrogen-bond acceptors (Lipinski definition) is 3. The van der Waals surface area contributed by atoms with Crippen molar-refractivity contribution in [1.29, 1.82) is 0 Å². The highest BCUT2D eigenvalue weighted by molar-refractivity contribution is 6.04. The van der Waals surface area contributed by atoms with Crippen LogP contribution in [0, 0.1) is 0 Å². The average Bonchev–Trinajstić information content (AvgIpc) is 2.27. The standard InChI is InChI=1S/C13H9NO.H3N/c15-13-7-3-6-12-10(13)8-9-4-1-2-5-11(9)14-12;/h1-6,8H,7H2;1H3. The number of carbonyl (C=O) groups is 1. The number of benzene rings is 1. The monoisotopic (exact) mass is 212 g/mol. The summed E-state index contributed by atoms with van der Waals surface area (Å²) in [6.07, 6.45) is 4.28. The van der Waals surface area contributed by atoms with E-state index in [0.29, 0.717) is 6.42 Å². The number of ketones is 1. The lowest BCUT2D eigenvalue weighted by Crippen LogP contribution is -2.06. The Balaban J connectivity index is 0.000000963. The molecule has 0 atom stereocenters. The molecule has 16 heavy (non-hydrogen) atoms. The molecule has 1 aromatic heterocycles. The third-order valence-electron chi connectivity index (χ3n) is 2.63. The molecule has 0 saturated heterocycles. The fraction of sp³-hybridized carbons (Fsp3) is 0.0769. The largest absolute Gasteiger partial charge is 0.344 e. The van der Waals surface area contributed by atoms with Crippen LogP contribution in [0.5, 0.6) is 0 Å². The van der Waals surface area contributed by atoms with E-state index < -0.39 is 0 Å². The summed E-state index contributed by atoms with van der Waals surface area (Å²) in [6.45, 7) is 0. The van der Waals surface area contributed by atoms with Crippen LogP contribution in [-0.2, 0) is 0 Å². The number of aromatic nitrogens is 1. The van der Waals surface area contributed by atoms with E-state index in [0.717, 1.165) is 22.2 Å². The van der Waals surface area contributed by atoms with Crippen LogP contribution in [0.1, 0.15) is 22.5 Å². The molecule has 1 heterocycles. The topological polar surface area (TPSA) is 65.0 Å². The maximum absolute atomic E-state index is 11.6. The molecule has 0 fully saturated rings. The first-order valence-electron chi connectivity index (χ1n) is 4.94. The van der Waals surface area contributed by atoms with Gasteiger partial charge in [0.15, 0.2) is 5.78 Å². The lowest BCUT2D eigenvalue weighted by Gasteiger charge is -2.09. The summed E-state index contributed by atoms with van der Waals surface area (Å²) in [4.78, 5) is 16.1. The minimum atomic E-state index is 0. The molecular formula is C13H12N2O. The Morgan fingerprint density at radius 3 is 2.88 bits per heavy atom. The number of nitrogens with zero attached hydrogens (tertiary/aromatic N) is 1. The number of para-hydroxylation sites is 1. The summed E-state index contributed by atoms with van der Waals surface area (Å²) < 4.78 is 0. The van der Waals surface area contributed by atoms with Gasteiger partial charge in [-0.2, -0.15) is 0 Å². The minimum absolute atomic E-state index is 0. The molecule has 2 aromatic rings. The predicted octanol–water partition coefficient (Wildman–Crippen LogP) is 3.00. The van der Waals surface area contributed by atoms with Crippen LogP contribution in [-0.4, -0.2) is 10.8 Å². The van der Waals surface area contributed by atoms with Gasteiger partial charge < -0.3 is 6.15 Å². The number of rotatable bonds is 0. The van der Waals surface area contributed by atoms with E-state index in [1.54, 1.807) is 0 Å². The highest BCUT2D eigenvalue weighted by Gasteiger charge is 2.14. The Morgan fingerprint density at radius 2 is 2.00 bits per heavy atom. The van der Waals surface area contributed by atoms with Gasteiger partial charge in [-0.25, -0.2) is 4.98 Å². The molecule has 0 spiro atoms. The van der Waals surface area contributed by atoms with Crippen molar-refractivity contribution in [2.45, 2.75) is 6.42 Å². The zero-order valence-electron chi connectivity index (χ0n) is 8.81. The molecule has 3 rings (SSSR count). The van der Waals surface area contributed by atoms with Crippen LogP contribution >= 0.6 is 0 Å². The van der Waals surface area contributed by atoms with Gasteiger partial charge in [-0.15, -0.1) is 0 Å². The van der Waals surface area contributed by atoms with E-state index in [1.807, 2.05) is 42.5 Å². The second-order valence-electron chi connectivity index (χ2n) is 3.64. The number of Topliss-reactive ketones (excluding diaryl/α,β-unsaturated/α-hetero) is 1. The first-order chi connectivity index (χ1) is 7.34. The first kappa shape index (κ1) is 10.5. The van der Waals surface area contributed by atoms with Crippen molar-refractivity contribution in [3.8, 4) is 0 Å². The van der Waals surface area contributed by atoms with Crippen LogP contribution in [0.4, 0.5) is 0 Å². The molecule has 0 amide bonds. The molecule has 1 aromatic carbocycles. The molecule has 0 aliphatic heterocycles. The lowest BCUT2D eigenvalue weighted by molar-refractivity contribution is 0.0994. The van der Waals surface area contributed by atoms with Gasteiger partial charge in [-0.05, 0) is 18.2 Å². The fourth-order valence-electron chi connectivity index (χ4n) is 1.87. The van der Waals surface area contributed by atoms with Gasteiger partial charge in [0.05, 0.1) is 11.2 Å². The van der Waals surface area contributed by atoms with Crippen molar-refractivity contribution in [2.75, 3.05) is 0 Å². The van der Waals surface area contributed by atoms with Gasteiger partial charge in [-0.3, -0.25) is 4.79 Å². The second kappa shape index (κ2) is 3.87. The zero-order chi connectivity index (χ0) is 10.3. The summed E-state index contributed by atoms with van der Waals surface area (Å²) in [5, 5.41) is 1.03. The number of fused-ring (bicyclic) bond motifs is 2. The molecule has 0 saturated carbocycles. The normalized spacial score (nSPS) is 13.4. The summed E-state index contributed by atoms with van der Waals surface area (Å²) in [5.74, 6) is 0.158. The smallest absolute Gasteiger partial charge is 0.168 e. The predicted molar refractivity (Wildman–Crippen MR) is 64.7 cm³/mol. The molecule has 1 aliphatic carbocycles. The van der Waals surface area contributed by atoms with E-state index in [-0.39, 0.29) is 11.9 Å². The van der Waals surface area contributed by atoms with Gasteiger partial charge >= 0.3 is 0 Å². The van der Waals surface area contributed by atoms with Gasteiger partial charge in [-0.1, -0.05) is 24.3 Å². The lowest BCUT2D eigenvalue weighted by atomic mass is 9.99. The summed E-state index contributed by atoms with van der Waals surface area (Å²) in [6, 6.07) is 9.79. The van der Waals surface area contributed by atoms with Crippen LogP contribution < -0.4 is 6.15 Å². The van der Waals surface area contributed by atoms with Crippen molar-refractivity contribution < 1.29 is 4.79 Å². The quantitative estimate of drug-likeness (QED) is 0.730. The third-order valence-corrected chi connectivity index (χ3v) is 2.63. The third kappa shape index (κ3) is 1.51. The van der Waals surface area contributed by atoms with Crippen molar-refractivity contribution in [3.05, 3.63) is 47.7 Å². The highest BCUT2D eigenvalue weighted by atomic mass is 16.1. The minimum Gasteiger partial charge on any atom is -0.344 e. The van der Waals surface area contributed by atoms with E-state index in [4.69, 9.17) is 0 Å². The van der Waals surface area contributed by atoms with E-state index >= 15 is 0 Å². The van der Waals surface area contributed by atoms with Crippen LogP contribution in [0.3, 0.4) is 0 Å². The molecule has 1 aliphatic rings. The first-order valence-corrected chi connectivity index (χ1v) is 4.94. The van der Waals surface area contributed by atoms with Gasteiger partial charge in [0.2, 0.25) is 0 Å². The molecule has 3 heteroatoms. The summed E-state index contributed by atoms with van der Waals surface area (Å²) in [7, 11) is 0. The Hall–Kier alpha value is -2.00. The fourth-order valence-corrected chi connectivity index (χ4v) is 1.87. The molecule has 0 bridgehead atoms.